The van der Waals surface area contributed by atoms with Gasteiger partial charge in [0.15, 0.2) is 0 Å². The molecule has 6 heteroatoms. The monoisotopic (exact) mass is 397 g/mol. The van der Waals surface area contributed by atoms with Crippen LogP contribution in [0.1, 0.15) is 16.1 Å². The number of benzene rings is 2. The maximum absolute atomic E-state index is 12.8. The van der Waals surface area contributed by atoms with Crippen LogP contribution in [0.5, 0.6) is 0 Å². The van der Waals surface area contributed by atoms with Gasteiger partial charge in [-0.3, -0.25) is 9.69 Å². The second kappa shape index (κ2) is 8.35. The molecule has 0 radical (unpaired) electrons. The fraction of sp³-hybridized carbons (Fsp3) is 0.318. The molecule has 0 saturated carbocycles. The smallest absolute Gasteiger partial charge is 0.273 e. The third kappa shape index (κ3) is 3.92. The molecule has 3 aromatic rings. The van der Waals surface area contributed by atoms with E-state index in [0.717, 1.165) is 55.9 Å². The number of carbonyl (C=O) groups excluding carboxylic acids is 1. The topological polar surface area (TPSA) is 46.5 Å². The van der Waals surface area contributed by atoms with Gasteiger partial charge in [0, 0.05) is 43.3 Å². The van der Waals surface area contributed by atoms with Crippen molar-refractivity contribution in [1.82, 2.24) is 9.47 Å². The molecule has 1 N–H and O–H groups in total. The molecule has 146 valence electrons. The number of morpholine rings is 1. The molecule has 0 aliphatic carbocycles. The maximum atomic E-state index is 12.8. The highest BCUT2D eigenvalue weighted by molar-refractivity contribution is 6.39. The van der Waals surface area contributed by atoms with Crippen molar-refractivity contribution in [2.45, 2.75) is 6.42 Å². The Hall–Kier alpha value is -2.34. The van der Waals surface area contributed by atoms with Crippen LogP contribution in [0, 0.1) is 0 Å². The van der Waals surface area contributed by atoms with Gasteiger partial charge < -0.3 is 14.6 Å². The predicted octanol–water partition coefficient (Wildman–Crippen LogP) is 3.96. The van der Waals surface area contributed by atoms with E-state index < -0.39 is 0 Å². The summed E-state index contributed by atoms with van der Waals surface area (Å²) in [6, 6.07) is 15.8. The normalized spacial score (nSPS) is 15.1. The van der Waals surface area contributed by atoms with Crippen LogP contribution in [0.2, 0.25) is 5.02 Å². The summed E-state index contributed by atoms with van der Waals surface area (Å²) in [7, 11) is 1.86. The first kappa shape index (κ1) is 19.0. The van der Waals surface area contributed by atoms with Crippen molar-refractivity contribution in [3.63, 3.8) is 0 Å². The largest absolute Gasteiger partial charge is 0.379 e. The summed E-state index contributed by atoms with van der Waals surface area (Å²) in [4.78, 5) is 15.2. The van der Waals surface area contributed by atoms with Crippen LogP contribution in [0.25, 0.3) is 10.9 Å². The van der Waals surface area contributed by atoms with E-state index in [2.05, 4.69) is 22.3 Å². The highest BCUT2D eigenvalue weighted by atomic mass is 35.5. The van der Waals surface area contributed by atoms with Gasteiger partial charge in [0.05, 0.1) is 18.2 Å². The first-order valence-corrected chi connectivity index (χ1v) is 9.94. The number of anilines is 1. The molecule has 1 fully saturated rings. The molecule has 0 bridgehead atoms. The van der Waals surface area contributed by atoms with Gasteiger partial charge in [-0.15, -0.1) is 0 Å². The van der Waals surface area contributed by atoms with Gasteiger partial charge in [-0.1, -0.05) is 41.9 Å². The van der Waals surface area contributed by atoms with E-state index in [1.165, 1.54) is 5.56 Å². The van der Waals surface area contributed by atoms with Gasteiger partial charge in [0.2, 0.25) is 0 Å². The number of hydrogen-bond donors (Lipinski definition) is 1. The molecule has 2 heterocycles. The number of hydrogen-bond acceptors (Lipinski definition) is 3. The standard InChI is InChI=1S/C22H24ClN3O2/c1-25-19-5-3-2-4-18(19)20(23)21(25)22(27)24-17-8-6-16(7-9-17)10-11-26-12-14-28-15-13-26/h2-9H,10-15H2,1H3,(H,24,27). The van der Waals surface area contributed by atoms with Gasteiger partial charge in [-0.2, -0.15) is 0 Å². The lowest BCUT2D eigenvalue weighted by Gasteiger charge is -2.26. The number of aryl methyl sites for hydroxylation is 1. The van der Waals surface area contributed by atoms with E-state index in [1.807, 2.05) is 48.0 Å². The Kier molecular flexibility index (Phi) is 5.67. The summed E-state index contributed by atoms with van der Waals surface area (Å²) in [5, 5.41) is 4.33. The summed E-state index contributed by atoms with van der Waals surface area (Å²) in [6.45, 7) is 4.67. The number of nitrogens with zero attached hydrogens (tertiary/aromatic N) is 2. The van der Waals surface area contributed by atoms with E-state index in [1.54, 1.807) is 0 Å². The van der Waals surface area contributed by atoms with Crippen LogP contribution < -0.4 is 5.32 Å². The van der Waals surface area contributed by atoms with E-state index in [9.17, 15) is 4.79 Å². The van der Waals surface area contributed by atoms with Crippen molar-refractivity contribution >= 4 is 34.1 Å². The molecular formula is C22H24ClN3O2. The van der Waals surface area contributed by atoms with Crippen molar-refractivity contribution in [2.75, 3.05) is 38.2 Å². The second-order valence-corrected chi connectivity index (χ2v) is 7.47. The molecule has 1 saturated heterocycles. The fourth-order valence-corrected chi connectivity index (χ4v) is 4.03. The van der Waals surface area contributed by atoms with Crippen LogP contribution >= 0.6 is 11.6 Å². The summed E-state index contributed by atoms with van der Waals surface area (Å²) >= 11 is 6.47. The number of nitrogens with one attached hydrogen (secondary N) is 1. The summed E-state index contributed by atoms with van der Waals surface area (Å²) in [5.74, 6) is -0.204. The predicted molar refractivity (Wildman–Crippen MR) is 113 cm³/mol. The maximum Gasteiger partial charge on any atom is 0.273 e. The first-order chi connectivity index (χ1) is 13.6. The number of amides is 1. The Morgan fingerprint density at radius 3 is 2.54 bits per heavy atom. The molecule has 1 aliphatic rings. The van der Waals surface area contributed by atoms with Crippen LogP contribution in [0.3, 0.4) is 0 Å². The average Bonchev–Trinajstić information content (AvgIpc) is 2.99. The van der Waals surface area contributed by atoms with E-state index in [0.29, 0.717) is 10.7 Å². The highest BCUT2D eigenvalue weighted by Crippen LogP contribution is 2.30. The Morgan fingerprint density at radius 1 is 1.11 bits per heavy atom. The fourth-order valence-electron chi connectivity index (χ4n) is 3.66. The van der Waals surface area contributed by atoms with Crippen LogP contribution in [-0.4, -0.2) is 48.2 Å². The van der Waals surface area contributed by atoms with Crippen LogP contribution in [0.15, 0.2) is 48.5 Å². The first-order valence-electron chi connectivity index (χ1n) is 9.57. The summed E-state index contributed by atoms with van der Waals surface area (Å²) in [6.07, 6.45) is 0.989. The minimum atomic E-state index is -0.204. The minimum absolute atomic E-state index is 0.204. The Bertz CT molecular complexity index is 936. The molecule has 5 nitrogen and oxygen atoms in total. The Balaban J connectivity index is 1.42. The number of para-hydroxylation sites is 1. The van der Waals surface area contributed by atoms with Gasteiger partial charge in [-0.05, 0) is 30.2 Å². The molecule has 1 amide bonds. The van der Waals surface area contributed by atoms with E-state index >= 15 is 0 Å². The number of rotatable bonds is 5. The summed E-state index contributed by atoms with van der Waals surface area (Å²) in [5.41, 5.74) is 3.43. The average molecular weight is 398 g/mol. The molecule has 0 atom stereocenters. The number of ether oxygens (including phenoxy) is 1. The van der Waals surface area contributed by atoms with Crippen LogP contribution in [-0.2, 0) is 18.2 Å². The lowest BCUT2D eigenvalue weighted by Crippen LogP contribution is -2.37. The number of halogens is 1. The molecule has 4 rings (SSSR count). The zero-order valence-electron chi connectivity index (χ0n) is 16.0. The van der Waals surface area contributed by atoms with Crippen molar-refractivity contribution in [2.24, 2.45) is 7.05 Å². The van der Waals surface area contributed by atoms with Gasteiger partial charge in [-0.25, -0.2) is 0 Å². The Labute approximate surface area is 169 Å². The second-order valence-electron chi connectivity index (χ2n) is 7.09. The highest BCUT2D eigenvalue weighted by Gasteiger charge is 2.19. The molecule has 1 aromatic heterocycles. The summed E-state index contributed by atoms with van der Waals surface area (Å²) < 4.78 is 7.22. The van der Waals surface area contributed by atoms with Crippen molar-refractivity contribution in [3.8, 4) is 0 Å². The third-order valence-corrected chi connectivity index (χ3v) is 5.68. The molecule has 28 heavy (non-hydrogen) atoms. The van der Waals surface area contributed by atoms with E-state index in [-0.39, 0.29) is 5.91 Å². The lowest BCUT2D eigenvalue weighted by molar-refractivity contribution is 0.0384. The molecule has 1 aliphatic heterocycles. The van der Waals surface area contributed by atoms with Crippen LogP contribution in [0.4, 0.5) is 5.69 Å². The lowest BCUT2D eigenvalue weighted by atomic mass is 10.1. The molecule has 2 aromatic carbocycles. The SMILES string of the molecule is Cn1c(C(=O)Nc2ccc(CCN3CCOCC3)cc2)c(Cl)c2ccccc21. The zero-order chi connectivity index (χ0) is 19.5. The Morgan fingerprint density at radius 2 is 1.82 bits per heavy atom. The minimum Gasteiger partial charge on any atom is -0.379 e. The molecular weight excluding hydrogens is 374 g/mol. The van der Waals surface area contributed by atoms with Gasteiger partial charge >= 0.3 is 0 Å². The van der Waals surface area contributed by atoms with Gasteiger partial charge in [0.25, 0.3) is 5.91 Å². The van der Waals surface area contributed by atoms with Crippen molar-refractivity contribution < 1.29 is 9.53 Å². The number of aromatic nitrogens is 1. The van der Waals surface area contributed by atoms with Crippen molar-refractivity contribution in [3.05, 3.63) is 64.8 Å². The third-order valence-electron chi connectivity index (χ3n) is 5.29. The number of carbonyl (C=O) groups is 1. The molecule has 0 spiro atoms. The van der Waals surface area contributed by atoms with Crippen molar-refractivity contribution in [1.29, 1.82) is 0 Å². The van der Waals surface area contributed by atoms with E-state index in [4.69, 9.17) is 16.3 Å². The van der Waals surface area contributed by atoms with Gasteiger partial charge in [0.1, 0.15) is 5.69 Å². The molecule has 0 unspecified atom stereocenters. The quantitative estimate of drug-likeness (QED) is 0.708. The zero-order valence-corrected chi connectivity index (χ0v) is 16.7. The number of fused-ring (bicyclic) bond motifs is 1.